The second-order valence-corrected chi connectivity index (χ2v) is 11.6. The lowest BCUT2D eigenvalue weighted by Crippen LogP contribution is -2.35. The highest BCUT2D eigenvalue weighted by molar-refractivity contribution is 9.10. The molecule has 0 aliphatic heterocycles. The van der Waals surface area contributed by atoms with Gasteiger partial charge in [0.1, 0.15) is 0 Å². The van der Waals surface area contributed by atoms with Crippen molar-refractivity contribution in [2.24, 2.45) is 0 Å². The van der Waals surface area contributed by atoms with E-state index in [0.29, 0.717) is 47.9 Å². The van der Waals surface area contributed by atoms with Crippen molar-refractivity contribution in [3.63, 3.8) is 0 Å². The molecule has 4 rings (SSSR count). The number of rotatable bonds is 11. The first kappa shape index (κ1) is 29.1. The molecule has 0 aliphatic carbocycles. The molecular weight excluding hydrogens is 578 g/mol. The van der Waals surface area contributed by atoms with Crippen molar-refractivity contribution in [3.8, 4) is 0 Å². The van der Waals surface area contributed by atoms with Crippen LogP contribution in [0.15, 0.2) is 69.9 Å². The molecule has 0 spiro atoms. The van der Waals surface area contributed by atoms with Gasteiger partial charge in [0.2, 0.25) is 0 Å². The van der Waals surface area contributed by atoms with Crippen LogP contribution in [0.1, 0.15) is 53.0 Å². The summed E-state index contributed by atoms with van der Waals surface area (Å²) in [5.41, 5.74) is 3.58. The molecule has 0 saturated heterocycles. The molecule has 7 nitrogen and oxygen atoms in total. The van der Waals surface area contributed by atoms with E-state index in [4.69, 9.17) is 11.6 Å². The summed E-state index contributed by atoms with van der Waals surface area (Å²) >= 11 is 9.99. The summed E-state index contributed by atoms with van der Waals surface area (Å²) in [6, 6.07) is 19.4. The SMILES string of the molecule is Cc1nn2c(=O)n(Cc3ccccc3)c(C(C)CCN(CCCN(C)C)C(=O)c3ccc(Br)cc3)cc2c1Cl. The third-order valence-corrected chi connectivity index (χ3v) is 7.96. The number of aromatic nitrogens is 3. The summed E-state index contributed by atoms with van der Waals surface area (Å²) in [7, 11) is 4.07. The van der Waals surface area contributed by atoms with E-state index in [1.54, 1.807) is 11.5 Å². The van der Waals surface area contributed by atoms with Gasteiger partial charge in [0.05, 0.1) is 22.8 Å². The van der Waals surface area contributed by atoms with E-state index in [1.807, 2.05) is 79.7 Å². The number of nitrogens with zero attached hydrogens (tertiary/aromatic N) is 5. The normalized spacial score (nSPS) is 12.3. The van der Waals surface area contributed by atoms with Crippen LogP contribution in [0.5, 0.6) is 0 Å². The quantitative estimate of drug-likeness (QED) is 0.213. The Morgan fingerprint density at radius 3 is 2.41 bits per heavy atom. The standard InChI is InChI=1S/C30H35BrClN5O2/c1-21(15-18-35(17-8-16-34(3)4)29(38)24-11-13-25(31)14-12-24)26-19-27-28(32)22(2)33-37(27)30(39)36(26)20-23-9-6-5-7-10-23/h5-7,9-14,19,21H,8,15-18,20H2,1-4H3. The van der Waals surface area contributed by atoms with Gasteiger partial charge in [-0.1, -0.05) is 64.8 Å². The number of carbonyl (C=O) groups is 1. The maximum atomic E-state index is 13.6. The molecular formula is C30H35BrClN5O2. The predicted molar refractivity (Wildman–Crippen MR) is 161 cm³/mol. The molecule has 0 saturated carbocycles. The molecule has 9 heteroatoms. The molecule has 0 radical (unpaired) electrons. The Morgan fingerprint density at radius 2 is 1.74 bits per heavy atom. The van der Waals surface area contributed by atoms with E-state index in [1.165, 1.54) is 4.52 Å². The molecule has 2 aromatic heterocycles. The third-order valence-electron chi connectivity index (χ3n) is 6.96. The van der Waals surface area contributed by atoms with E-state index < -0.39 is 0 Å². The number of aryl methyl sites for hydroxylation is 1. The Bertz CT molecular complexity index is 1480. The minimum absolute atomic E-state index is 0.00764. The highest BCUT2D eigenvalue weighted by Gasteiger charge is 2.22. The monoisotopic (exact) mass is 611 g/mol. The van der Waals surface area contributed by atoms with Crippen molar-refractivity contribution in [2.45, 2.75) is 39.2 Å². The van der Waals surface area contributed by atoms with Crippen LogP contribution in [0.2, 0.25) is 5.02 Å². The second-order valence-electron chi connectivity index (χ2n) is 10.3. The highest BCUT2D eigenvalue weighted by Crippen LogP contribution is 2.26. The molecule has 2 aromatic carbocycles. The van der Waals surface area contributed by atoms with Crippen LogP contribution < -0.4 is 5.69 Å². The van der Waals surface area contributed by atoms with Gasteiger partial charge in [-0.25, -0.2) is 4.79 Å². The van der Waals surface area contributed by atoms with Crippen molar-refractivity contribution in [3.05, 3.63) is 103 Å². The molecule has 39 heavy (non-hydrogen) atoms. The smallest absolute Gasteiger partial charge is 0.339 e. The number of benzene rings is 2. The third kappa shape index (κ3) is 6.99. The Kier molecular flexibility index (Phi) is 9.64. The molecule has 206 valence electrons. The topological polar surface area (TPSA) is 62.9 Å². The van der Waals surface area contributed by atoms with Crippen molar-refractivity contribution < 1.29 is 4.79 Å². The lowest BCUT2D eigenvalue weighted by atomic mass is 10.0. The van der Waals surface area contributed by atoms with Gasteiger partial charge in [-0.05, 0) is 82.2 Å². The molecule has 4 aromatic rings. The first-order valence-electron chi connectivity index (χ1n) is 13.2. The summed E-state index contributed by atoms with van der Waals surface area (Å²) in [5, 5.41) is 4.88. The van der Waals surface area contributed by atoms with Crippen LogP contribution in [-0.4, -0.2) is 63.6 Å². The fourth-order valence-corrected chi connectivity index (χ4v) is 5.17. The maximum absolute atomic E-state index is 13.6. The number of amides is 1. The molecule has 1 amide bonds. The van der Waals surface area contributed by atoms with E-state index in [0.717, 1.165) is 28.7 Å². The number of hydrogen-bond donors (Lipinski definition) is 0. The van der Waals surface area contributed by atoms with E-state index in [-0.39, 0.29) is 17.5 Å². The Balaban J connectivity index is 1.63. The lowest BCUT2D eigenvalue weighted by molar-refractivity contribution is 0.0745. The molecule has 0 fully saturated rings. The summed E-state index contributed by atoms with van der Waals surface area (Å²) in [6.07, 6.45) is 1.57. The van der Waals surface area contributed by atoms with Crippen molar-refractivity contribution >= 4 is 39.0 Å². The fourth-order valence-electron chi connectivity index (χ4n) is 4.74. The van der Waals surface area contributed by atoms with Gasteiger partial charge < -0.3 is 9.80 Å². The maximum Gasteiger partial charge on any atom is 0.349 e. The molecule has 0 aliphatic rings. The molecule has 1 atom stereocenters. The molecule has 0 N–H and O–H groups in total. The zero-order chi connectivity index (χ0) is 28.1. The lowest BCUT2D eigenvalue weighted by Gasteiger charge is -2.26. The van der Waals surface area contributed by atoms with Crippen LogP contribution in [0.4, 0.5) is 0 Å². The van der Waals surface area contributed by atoms with Gasteiger partial charge in [-0.3, -0.25) is 9.36 Å². The summed E-state index contributed by atoms with van der Waals surface area (Å²) in [4.78, 5) is 31.2. The van der Waals surface area contributed by atoms with Gasteiger partial charge in [-0.2, -0.15) is 9.61 Å². The van der Waals surface area contributed by atoms with Gasteiger partial charge in [0.15, 0.2) is 0 Å². The zero-order valence-electron chi connectivity index (χ0n) is 22.9. The van der Waals surface area contributed by atoms with Crippen molar-refractivity contribution in [1.82, 2.24) is 24.0 Å². The summed E-state index contributed by atoms with van der Waals surface area (Å²) < 4.78 is 4.11. The van der Waals surface area contributed by atoms with E-state index in [2.05, 4.69) is 32.9 Å². The largest absolute Gasteiger partial charge is 0.349 e. The van der Waals surface area contributed by atoms with Gasteiger partial charge >= 0.3 is 5.69 Å². The minimum atomic E-state index is -0.220. The number of fused-ring (bicyclic) bond motifs is 1. The first-order valence-corrected chi connectivity index (χ1v) is 14.3. The van der Waals surface area contributed by atoms with Crippen molar-refractivity contribution in [1.29, 1.82) is 0 Å². The molecule has 0 bridgehead atoms. The van der Waals surface area contributed by atoms with Crippen LogP contribution in [-0.2, 0) is 6.54 Å². The van der Waals surface area contributed by atoms with Crippen LogP contribution in [0, 0.1) is 6.92 Å². The second kappa shape index (κ2) is 12.9. The van der Waals surface area contributed by atoms with Crippen LogP contribution >= 0.6 is 27.5 Å². The number of carbonyl (C=O) groups excluding carboxylic acids is 1. The minimum Gasteiger partial charge on any atom is -0.339 e. The van der Waals surface area contributed by atoms with Crippen molar-refractivity contribution in [2.75, 3.05) is 33.7 Å². The van der Waals surface area contributed by atoms with Gasteiger partial charge in [0, 0.05) is 28.8 Å². The highest BCUT2D eigenvalue weighted by atomic mass is 79.9. The van der Waals surface area contributed by atoms with E-state index in [9.17, 15) is 9.59 Å². The van der Waals surface area contributed by atoms with Crippen LogP contribution in [0.25, 0.3) is 5.52 Å². The average molecular weight is 613 g/mol. The summed E-state index contributed by atoms with van der Waals surface area (Å²) in [6.45, 7) is 6.45. The Morgan fingerprint density at radius 1 is 1.05 bits per heavy atom. The predicted octanol–water partition coefficient (Wildman–Crippen LogP) is 5.86. The molecule has 1 unspecified atom stereocenters. The Hall–Kier alpha value is -2.94. The van der Waals surface area contributed by atoms with E-state index >= 15 is 0 Å². The number of halogens is 2. The summed E-state index contributed by atoms with van der Waals surface area (Å²) in [5.74, 6) is 0.00629. The van der Waals surface area contributed by atoms with Gasteiger partial charge in [-0.15, -0.1) is 0 Å². The number of hydrogen-bond acceptors (Lipinski definition) is 4. The fraction of sp³-hybridized carbons (Fsp3) is 0.367. The molecule has 2 heterocycles. The average Bonchev–Trinajstić information content (AvgIpc) is 3.21. The Labute approximate surface area is 243 Å². The van der Waals surface area contributed by atoms with Crippen LogP contribution in [0.3, 0.4) is 0 Å². The van der Waals surface area contributed by atoms with Gasteiger partial charge in [0.25, 0.3) is 5.91 Å². The zero-order valence-corrected chi connectivity index (χ0v) is 25.2. The first-order chi connectivity index (χ1) is 18.7.